The van der Waals surface area contributed by atoms with Gasteiger partial charge in [0.15, 0.2) is 0 Å². The van der Waals surface area contributed by atoms with E-state index in [-0.39, 0.29) is 6.09 Å². The van der Waals surface area contributed by atoms with Crippen LogP contribution in [0.25, 0.3) is 0 Å². The molecule has 0 bridgehead atoms. The van der Waals surface area contributed by atoms with Crippen molar-refractivity contribution in [2.45, 2.75) is 45.9 Å². The van der Waals surface area contributed by atoms with Gasteiger partial charge >= 0.3 is 6.09 Å². The lowest BCUT2D eigenvalue weighted by Crippen LogP contribution is -2.33. The average molecular weight is 356 g/mol. The molecule has 0 radical (unpaired) electrons. The molecule has 5 heteroatoms. The topological polar surface area (TPSA) is 38.8 Å². The predicted octanol–water partition coefficient (Wildman–Crippen LogP) is 3.89. The van der Waals surface area contributed by atoms with Crippen molar-refractivity contribution < 1.29 is 14.3 Å². The number of halogens is 1. The molecule has 1 aliphatic heterocycles. The van der Waals surface area contributed by atoms with E-state index in [0.29, 0.717) is 19.7 Å². The normalized spacial score (nSPS) is 14.2. The first-order chi connectivity index (χ1) is 9.80. The molecule has 1 amide bonds. The molecule has 0 N–H and O–H groups in total. The van der Waals surface area contributed by atoms with Crippen LogP contribution in [0, 0.1) is 0 Å². The molecular weight excluding hydrogens is 334 g/mol. The maximum absolute atomic E-state index is 12.2. The van der Waals surface area contributed by atoms with Crippen LogP contribution in [0.1, 0.15) is 37.5 Å². The first-order valence-corrected chi connectivity index (χ1v) is 7.86. The number of ether oxygens (including phenoxy) is 2. The fourth-order valence-electron chi connectivity index (χ4n) is 2.35. The summed E-state index contributed by atoms with van der Waals surface area (Å²) in [5.74, 6) is 0. The Morgan fingerprint density at radius 1 is 1.33 bits per heavy atom. The van der Waals surface area contributed by atoms with E-state index in [1.54, 1.807) is 12.0 Å². The molecule has 21 heavy (non-hydrogen) atoms. The van der Waals surface area contributed by atoms with E-state index in [9.17, 15) is 4.79 Å². The predicted molar refractivity (Wildman–Crippen MR) is 85.2 cm³/mol. The first-order valence-electron chi connectivity index (χ1n) is 7.07. The minimum absolute atomic E-state index is 0.260. The Bertz CT molecular complexity index is 537. The molecule has 0 saturated heterocycles. The van der Waals surface area contributed by atoms with Gasteiger partial charge in [0.2, 0.25) is 0 Å². The summed E-state index contributed by atoms with van der Waals surface area (Å²) in [6, 6.07) is 4.26. The van der Waals surface area contributed by atoms with Gasteiger partial charge < -0.3 is 9.47 Å². The maximum atomic E-state index is 12.2. The van der Waals surface area contributed by atoms with Gasteiger partial charge in [0.1, 0.15) is 5.60 Å². The van der Waals surface area contributed by atoms with Crippen molar-refractivity contribution in [1.82, 2.24) is 4.90 Å². The molecule has 1 aromatic carbocycles. The Labute approximate surface area is 134 Å². The zero-order valence-electron chi connectivity index (χ0n) is 13.0. The highest BCUT2D eigenvalue weighted by atomic mass is 79.9. The third-order valence-electron chi connectivity index (χ3n) is 3.30. The van der Waals surface area contributed by atoms with Crippen molar-refractivity contribution >= 4 is 22.0 Å². The van der Waals surface area contributed by atoms with Crippen LogP contribution in [0.15, 0.2) is 16.6 Å². The van der Waals surface area contributed by atoms with Crippen LogP contribution in [0.3, 0.4) is 0 Å². The smallest absolute Gasteiger partial charge is 0.410 e. The summed E-state index contributed by atoms with van der Waals surface area (Å²) >= 11 is 3.61. The van der Waals surface area contributed by atoms with Crippen LogP contribution in [0.4, 0.5) is 4.79 Å². The molecule has 0 fully saturated rings. The zero-order valence-corrected chi connectivity index (χ0v) is 14.6. The number of fused-ring (bicyclic) bond motifs is 1. The fraction of sp³-hybridized carbons (Fsp3) is 0.562. The van der Waals surface area contributed by atoms with Gasteiger partial charge in [0.05, 0.1) is 13.2 Å². The van der Waals surface area contributed by atoms with Crippen molar-refractivity contribution in [3.05, 3.63) is 33.3 Å². The number of benzene rings is 1. The lowest BCUT2D eigenvalue weighted by atomic mass is 10.0. The summed E-state index contributed by atoms with van der Waals surface area (Å²) < 4.78 is 11.6. The number of methoxy groups -OCH3 is 1. The number of amides is 1. The number of hydrogen-bond donors (Lipinski definition) is 0. The van der Waals surface area contributed by atoms with E-state index in [4.69, 9.17) is 9.47 Å². The Balaban J connectivity index is 2.11. The monoisotopic (exact) mass is 355 g/mol. The minimum Gasteiger partial charge on any atom is -0.444 e. The van der Waals surface area contributed by atoms with Gasteiger partial charge in [-0.05, 0) is 49.9 Å². The van der Waals surface area contributed by atoms with Crippen molar-refractivity contribution in [3.8, 4) is 0 Å². The summed E-state index contributed by atoms with van der Waals surface area (Å²) in [4.78, 5) is 13.9. The summed E-state index contributed by atoms with van der Waals surface area (Å²) in [6.07, 6.45) is 0.610. The molecular formula is C16H22BrNO3. The second-order valence-electron chi connectivity index (χ2n) is 6.29. The van der Waals surface area contributed by atoms with E-state index >= 15 is 0 Å². The molecule has 0 spiro atoms. The highest BCUT2D eigenvalue weighted by Crippen LogP contribution is 2.32. The molecule has 0 aromatic heterocycles. The molecule has 116 valence electrons. The minimum atomic E-state index is -0.466. The Morgan fingerprint density at radius 2 is 2.05 bits per heavy atom. The van der Waals surface area contributed by atoms with E-state index in [1.807, 2.05) is 20.8 Å². The van der Waals surface area contributed by atoms with Gasteiger partial charge in [-0.25, -0.2) is 4.79 Å². The highest BCUT2D eigenvalue weighted by Gasteiger charge is 2.29. The van der Waals surface area contributed by atoms with E-state index in [2.05, 4.69) is 28.1 Å². The Hall–Kier alpha value is -1.07. The van der Waals surface area contributed by atoms with Gasteiger partial charge in [-0.3, -0.25) is 4.90 Å². The standard InChI is InChI=1S/C16H22BrNO3/c1-16(2,3)21-15(19)18-9-12-7-11(5-6-20-4)8-14(17)13(12)10-18/h7-8H,5-6,9-10H2,1-4H3. The third kappa shape index (κ3) is 4.20. The van der Waals surface area contributed by atoms with Crippen LogP contribution in [0.2, 0.25) is 0 Å². The second-order valence-corrected chi connectivity index (χ2v) is 7.15. The first kappa shape index (κ1) is 16.3. The SMILES string of the molecule is COCCc1cc(Br)c2c(c1)CN(C(=O)OC(C)(C)C)C2. The Kier molecular flexibility index (Phi) is 4.94. The van der Waals surface area contributed by atoms with Gasteiger partial charge in [-0.2, -0.15) is 0 Å². The lowest BCUT2D eigenvalue weighted by Gasteiger charge is -2.24. The fourth-order valence-corrected chi connectivity index (χ4v) is 3.02. The van der Waals surface area contributed by atoms with Crippen molar-refractivity contribution in [2.24, 2.45) is 0 Å². The summed E-state index contributed by atoms with van der Waals surface area (Å²) in [5, 5.41) is 0. The van der Waals surface area contributed by atoms with Crippen LogP contribution in [0.5, 0.6) is 0 Å². The van der Waals surface area contributed by atoms with E-state index in [0.717, 1.165) is 10.9 Å². The number of carbonyl (C=O) groups excluding carboxylic acids is 1. The van der Waals surface area contributed by atoms with E-state index in [1.165, 1.54) is 16.7 Å². The van der Waals surface area contributed by atoms with Crippen LogP contribution < -0.4 is 0 Å². The van der Waals surface area contributed by atoms with Crippen LogP contribution in [-0.2, 0) is 29.0 Å². The average Bonchev–Trinajstić information content (AvgIpc) is 2.79. The molecule has 0 unspecified atom stereocenters. The highest BCUT2D eigenvalue weighted by molar-refractivity contribution is 9.10. The molecule has 1 aliphatic rings. The van der Waals surface area contributed by atoms with Crippen molar-refractivity contribution in [3.63, 3.8) is 0 Å². The number of carbonyl (C=O) groups is 1. The Morgan fingerprint density at radius 3 is 2.67 bits per heavy atom. The quantitative estimate of drug-likeness (QED) is 0.825. The third-order valence-corrected chi connectivity index (χ3v) is 4.01. The number of rotatable bonds is 3. The summed E-state index contributed by atoms with van der Waals surface area (Å²) in [6.45, 7) is 7.53. The molecule has 0 aliphatic carbocycles. The number of hydrogen-bond acceptors (Lipinski definition) is 3. The van der Waals surface area contributed by atoms with Gasteiger partial charge in [0, 0.05) is 18.1 Å². The molecule has 1 aromatic rings. The molecule has 4 nitrogen and oxygen atoms in total. The van der Waals surface area contributed by atoms with E-state index < -0.39 is 5.60 Å². The van der Waals surface area contributed by atoms with Crippen LogP contribution in [-0.4, -0.2) is 30.3 Å². The van der Waals surface area contributed by atoms with Gasteiger partial charge in [-0.1, -0.05) is 22.0 Å². The van der Waals surface area contributed by atoms with Gasteiger partial charge in [0.25, 0.3) is 0 Å². The largest absolute Gasteiger partial charge is 0.444 e. The van der Waals surface area contributed by atoms with Crippen LogP contribution >= 0.6 is 15.9 Å². The molecule has 2 rings (SSSR count). The molecule has 0 atom stereocenters. The van der Waals surface area contributed by atoms with Gasteiger partial charge in [-0.15, -0.1) is 0 Å². The lowest BCUT2D eigenvalue weighted by molar-refractivity contribution is 0.0241. The summed E-state index contributed by atoms with van der Waals surface area (Å²) in [7, 11) is 1.70. The van der Waals surface area contributed by atoms with Crippen molar-refractivity contribution in [2.75, 3.05) is 13.7 Å². The second kappa shape index (κ2) is 6.36. The van der Waals surface area contributed by atoms with Crippen molar-refractivity contribution in [1.29, 1.82) is 0 Å². The number of nitrogens with zero attached hydrogens (tertiary/aromatic N) is 1. The zero-order chi connectivity index (χ0) is 15.6. The molecule has 1 heterocycles. The maximum Gasteiger partial charge on any atom is 0.410 e. The summed E-state index contributed by atoms with van der Waals surface area (Å²) in [5.41, 5.74) is 3.10. The molecule has 0 saturated carbocycles.